The van der Waals surface area contributed by atoms with Crippen molar-refractivity contribution in [2.75, 3.05) is 14.2 Å². The molecule has 3 aromatic rings. The first kappa shape index (κ1) is 17.5. The van der Waals surface area contributed by atoms with Crippen molar-refractivity contribution in [2.24, 2.45) is 0 Å². The zero-order valence-electron chi connectivity index (χ0n) is 14.3. The standard InChI is InChI=1S/C19H17FN2O4/c1-24-15-7-8-16(18(10-15)25-2)19(23)21-11-14-9-17(26-22-14)12-3-5-13(20)6-4-12/h3-10H,11H2,1-2H3,(H,21,23). The van der Waals surface area contributed by atoms with Crippen molar-refractivity contribution in [1.82, 2.24) is 10.5 Å². The van der Waals surface area contributed by atoms with E-state index in [1.54, 1.807) is 36.4 Å². The first-order chi connectivity index (χ1) is 12.6. The molecule has 3 rings (SSSR count). The van der Waals surface area contributed by atoms with Crippen LogP contribution in [0, 0.1) is 5.82 Å². The van der Waals surface area contributed by atoms with Gasteiger partial charge in [-0.25, -0.2) is 4.39 Å². The molecule has 0 aliphatic carbocycles. The van der Waals surface area contributed by atoms with Gasteiger partial charge >= 0.3 is 0 Å². The Morgan fingerprint density at radius 2 is 1.88 bits per heavy atom. The number of carbonyl (C=O) groups excluding carboxylic acids is 1. The van der Waals surface area contributed by atoms with Crippen LogP contribution in [0.2, 0.25) is 0 Å². The van der Waals surface area contributed by atoms with Crippen LogP contribution in [-0.2, 0) is 6.54 Å². The van der Waals surface area contributed by atoms with Crippen LogP contribution >= 0.6 is 0 Å². The molecule has 0 aliphatic rings. The Kier molecular flexibility index (Phi) is 5.17. The number of carbonyl (C=O) groups is 1. The molecule has 0 saturated carbocycles. The summed E-state index contributed by atoms with van der Waals surface area (Å²) in [6.45, 7) is 0.179. The van der Waals surface area contributed by atoms with Crippen LogP contribution in [-0.4, -0.2) is 25.3 Å². The first-order valence-electron chi connectivity index (χ1n) is 7.82. The molecular formula is C19H17FN2O4. The third kappa shape index (κ3) is 3.83. The lowest BCUT2D eigenvalue weighted by Gasteiger charge is -2.10. The van der Waals surface area contributed by atoms with Crippen molar-refractivity contribution < 1.29 is 23.2 Å². The maximum absolute atomic E-state index is 13.0. The molecule has 1 N–H and O–H groups in total. The molecule has 0 unspecified atom stereocenters. The predicted molar refractivity (Wildman–Crippen MR) is 92.6 cm³/mol. The molecule has 0 aliphatic heterocycles. The third-order valence-electron chi connectivity index (χ3n) is 3.77. The van der Waals surface area contributed by atoms with Crippen LogP contribution in [0.25, 0.3) is 11.3 Å². The second kappa shape index (κ2) is 7.69. The predicted octanol–water partition coefficient (Wildman–Crippen LogP) is 3.43. The lowest BCUT2D eigenvalue weighted by Crippen LogP contribution is -2.23. The molecule has 26 heavy (non-hydrogen) atoms. The lowest BCUT2D eigenvalue weighted by molar-refractivity contribution is 0.0947. The maximum atomic E-state index is 13.0. The summed E-state index contributed by atoms with van der Waals surface area (Å²) in [5, 5.41) is 6.67. The third-order valence-corrected chi connectivity index (χ3v) is 3.77. The second-order valence-corrected chi connectivity index (χ2v) is 5.44. The second-order valence-electron chi connectivity index (χ2n) is 5.44. The molecule has 0 fully saturated rings. The number of amides is 1. The molecule has 2 aromatic carbocycles. The van der Waals surface area contributed by atoms with Crippen molar-refractivity contribution in [3.63, 3.8) is 0 Å². The van der Waals surface area contributed by atoms with E-state index in [2.05, 4.69) is 10.5 Å². The highest BCUT2D eigenvalue weighted by Crippen LogP contribution is 2.25. The van der Waals surface area contributed by atoms with Crippen molar-refractivity contribution in [2.45, 2.75) is 6.54 Å². The number of benzene rings is 2. The van der Waals surface area contributed by atoms with Crippen LogP contribution in [0.4, 0.5) is 4.39 Å². The van der Waals surface area contributed by atoms with Gasteiger partial charge in [-0.1, -0.05) is 5.16 Å². The van der Waals surface area contributed by atoms with E-state index < -0.39 is 0 Å². The summed E-state index contributed by atoms with van der Waals surface area (Å²) in [5.41, 5.74) is 1.63. The number of hydrogen-bond acceptors (Lipinski definition) is 5. The van der Waals surface area contributed by atoms with Gasteiger partial charge in [0.2, 0.25) is 0 Å². The summed E-state index contributed by atoms with van der Waals surface area (Å²) < 4.78 is 28.6. The molecule has 134 valence electrons. The Balaban J connectivity index is 1.68. The van der Waals surface area contributed by atoms with E-state index in [1.807, 2.05) is 0 Å². The highest BCUT2D eigenvalue weighted by molar-refractivity contribution is 5.97. The van der Waals surface area contributed by atoms with Crippen LogP contribution in [0.3, 0.4) is 0 Å². The quantitative estimate of drug-likeness (QED) is 0.732. The SMILES string of the molecule is COc1ccc(C(=O)NCc2cc(-c3ccc(F)cc3)on2)c(OC)c1. The average molecular weight is 356 g/mol. The van der Waals surface area contributed by atoms with Crippen LogP contribution in [0.15, 0.2) is 53.1 Å². The molecule has 0 saturated heterocycles. The Labute approximate surface area is 149 Å². The Bertz CT molecular complexity index is 906. The molecule has 0 bridgehead atoms. The minimum Gasteiger partial charge on any atom is -0.497 e. The van der Waals surface area contributed by atoms with Crippen molar-refractivity contribution in [1.29, 1.82) is 0 Å². The summed E-state index contributed by atoms with van der Waals surface area (Å²) in [4.78, 5) is 12.4. The monoisotopic (exact) mass is 356 g/mol. The fourth-order valence-electron chi connectivity index (χ4n) is 2.40. The topological polar surface area (TPSA) is 73.6 Å². The van der Waals surface area contributed by atoms with E-state index >= 15 is 0 Å². The van der Waals surface area contributed by atoms with Gasteiger partial charge in [0, 0.05) is 17.7 Å². The number of nitrogens with one attached hydrogen (secondary N) is 1. The molecule has 0 spiro atoms. The summed E-state index contributed by atoms with van der Waals surface area (Å²) in [6.07, 6.45) is 0. The van der Waals surface area contributed by atoms with Gasteiger partial charge in [-0.05, 0) is 36.4 Å². The largest absolute Gasteiger partial charge is 0.497 e. The van der Waals surface area contributed by atoms with E-state index in [0.29, 0.717) is 34.1 Å². The van der Waals surface area contributed by atoms with Crippen molar-refractivity contribution in [3.8, 4) is 22.8 Å². The number of halogens is 1. The van der Waals surface area contributed by atoms with Gasteiger partial charge in [0.1, 0.15) is 23.0 Å². The number of hydrogen-bond donors (Lipinski definition) is 1. The number of ether oxygens (including phenoxy) is 2. The van der Waals surface area contributed by atoms with E-state index in [1.165, 1.54) is 26.4 Å². The zero-order chi connectivity index (χ0) is 18.5. The maximum Gasteiger partial charge on any atom is 0.255 e. The van der Waals surface area contributed by atoms with Crippen LogP contribution < -0.4 is 14.8 Å². The van der Waals surface area contributed by atoms with Crippen molar-refractivity contribution in [3.05, 3.63) is 65.6 Å². The number of methoxy groups -OCH3 is 2. The molecular weight excluding hydrogens is 339 g/mol. The van der Waals surface area contributed by atoms with E-state index in [4.69, 9.17) is 14.0 Å². The van der Waals surface area contributed by atoms with E-state index in [0.717, 1.165) is 0 Å². The minimum atomic E-state index is -0.325. The lowest BCUT2D eigenvalue weighted by atomic mass is 10.1. The number of rotatable bonds is 6. The first-order valence-corrected chi connectivity index (χ1v) is 7.82. The fourth-order valence-corrected chi connectivity index (χ4v) is 2.40. The molecule has 1 heterocycles. The molecule has 1 amide bonds. The Morgan fingerprint density at radius 3 is 2.58 bits per heavy atom. The molecule has 0 radical (unpaired) electrons. The Hall–Kier alpha value is -3.35. The van der Waals surface area contributed by atoms with Gasteiger partial charge in [-0.15, -0.1) is 0 Å². The minimum absolute atomic E-state index is 0.179. The summed E-state index contributed by atoms with van der Waals surface area (Å²) in [6, 6.07) is 12.5. The van der Waals surface area contributed by atoms with Gasteiger partial charge in [0.25, 0.3) is 5.91 Å². The molecule has 1 aromatic heterocycles. The average Bonchev–Trinajstić information content (AvgIpc) is 3.15. The van der Waals surface area contributed by atoms with Gasteiger partial charge in [-0.2, -0.15) is 0 Å². The highest BCUT2D eigenvalue weighted by atomic mass is 19.1. The highest BCUT2D eigenvalue weighted by Gasteiger charge is 2.14. The van der Waals surface area contributed by atoms with Crippen LogP contribution in [0.1, 0.15) is 16.1 Å². The zero-order valence-corrected chi connectivity index (χ0v) is 14.3. The normalized spacial score (nSPS) is 10.4. The van der Waals surface area contributed by atoms with E-state index in [9.17, 15) is 9.18 Å². The summed E-state index contributed by atoms with van der Waals surface area (Å²) in [7, 11) is 3.02. The van der Waals surface area contributed by atoms with Gasteiger partial charge in [0.05, 0.1) is 26.3 Å². The Morgan fingerprint density at radius 1 is 1.12 bits per heavy atom. The fraction of sp³-hybridized carbons (Fsp3) is 0.158. The molecule has 0 atom stereocenters. The smallest absolute Gasteiger partial charge is 0.255 e. The van der Waals surface area contributed by atoms with Gasteiger partial charge in [0.15, 0.2) is 5.76 Å². The molecule has 7 heteroatoms. The summed E-state index contributed by atoms with van der Waals surface area (Å²) in [5.74, 6) is 0.870. The van der Waals surface area contributed by atoms with Crippen molar-refractivity contribution >= 4 is 5.91 Å². The number of nitrogens with zero attached hydrogens (tertiary/aromatic N) is 1. The number of aromatic nitrogens is 1. The van der Waals surface area contributed by atoms with Gasteiger partial charge in [-0.3, -0.25) is 4.79 Å². The van der Waals surface area contributed by atoms with Gasteiger partial charge < -0.3 is 19.3 Å². The van der Waals surface area contributed by atoms with E-state index in [-0.39, 0.29) is 18.3 Å². The van der Waals surface area contributed by atoms with Crippen LogP contribution in [0.5, 0.6) is 11.5 Å². The summed E-state index contributed by atoms with van der Waals surface area (Å²) >= 11 is 0. The molecule has 6 nitrogen and oxygen atoms in total.